The number of piperazine rings is 1. The Morgan fingerprint density at radius 1 is 1.28 bits per heavy atom. The van der Waals surface area contributed by atoms with Gasteiger partial charge in [-0.15, -0.1) is 0 Å². The fourth-order valence-electron chi connectivity index (χ4n) is 2.54. The van der Waals surface area contributed by atoms with E-state index < -0.39 is 6.04 Å². The van der Waals surface area contributed by atoms with E-state index in [0.29, 0.717) is 0 Å². The minimum atomic E-state index is -0.512. The Morgan fingerprint density at radius 2 is 2.00 bits per heavy atom. The molecule has 0 bridgehead atoms. The van der Waals surface area contributed by atoms with Crippen molar-refractivity contribution in [2.75, 3.05) is 43.4 Å². The Labute approximate surface area is 107 Å². The Morgan fingerprint density at radius 3 is 2.72 bits per heavy atom. The first-order valence-corrected chi connectivity index (χ1v) is 6.29. The largest absolute Gasteiger partial charge is 0.369 e. The predicted molar refractivity (Wildman–Crippen MR) is 71.7 cm³/mol. The van der Waals surface area contributed by atoms with Crippen LogP contribution >= 0.6 is 0 Å². The molecule has 1 fully saturated rings. The first kappa shape index (κ1) is 11.5. The van der Waals surface area contributed by atoms with Crippen molar-refractivity contribution in [3.05, 3.63) is 23.8 Å². The summed E-state index contributed by atoms with van der Waals surface area (Å²) in [7, 11) is 2.14. The van der Waals surface area contributed by atoms with Gasteiger partial charge in [-0.1, -0.05) is 6.07 Å². The first-order chi connectivity index (χ1) is 8.65. The van der Waals surface area contributed by atoms with Crippen LogP contribution in [0.25, 0.3) is 0 Å². The van der Waals surface area contributed by atoms with Gasteiger partial charge in [0, 0.05) is 43.1 Å². The molecule has 5 nitrogen and oxygen atoms in total. The summed E-state index contributed by atoms with van der Waals surface area (Å²) in [5, 5.41) is 2.83. The van der Waals surface area contributed by atoms with Crippen LogP contribution in [-0.4, -0.2) is 44.0 Å². The second-order valence-electron chi connectivity index (χ2n) is 5.03. The summed E-state index contributed by atoms with van der Waals surface area (Å²) in [6, 6.07) is 5.54. The van der Waals surface area contributed by atoms with Crippen LogP contribution in [0.2, 0.25) is 0 Å². The molecule has 0 spiro atoms. The Bertz CT molecular complexity index is 480. The zero-order valence-corrected chi connectivity index (χ0v) is 10.5. The number of fused-ring (bicyclic) bond motifs is 1. The van der Waals surface area contributed by atoms with Gasteiger partial charge >= 0.3 is 0 Å². The average molecular weight is 246 g/mol. The molecule has 0 saturated carbocycles. The van der Waals surface area contributed by atoms with Crippen LogP contribution in [0, 0.1) is 0 Å². The van der Waals surface area contributed by atoms with E-state index in [-0.39, 0.29) is 5.91 Å². The van der Waals surface area contributed by atoms with Crippen LogP contribution in [0.15, 0.2) is 18.2 Å². The van der Waals surface area contributed by atoms with Gasteiger partial charge in [0.1, 0.15) is 6.04 Å². The van der Waals surface area contributed by atoms with E-state index in [4.69, 9.17) is 5.73 Å². The Hall–Kier alpha value is -1.59. The molecule has 0 aromatic heterocycles. The number of carbonyl (C=O) groups is 1. The number of benzene rings is 1. The van der Waals surface area contributed by atoms with Gasteiger partial charge < -0.3 is 20.9 Å². The van der Waals surface area contributed by atoms with E-state index in [0.717, 1.165) is 43.1 Å². The fourth-order valence-corrected chi connectivity index (χ4v) is 2.54. The van der Waals surface area contributed by atoms with Gasteiger partial charge in [-0.2, -0.15) is 0 Å². The smallest absolute Gasteiger partial charge is 0.245 e. The highest BCUT2D eigenvalue weighted by molar-refractivity contribution is 6.02. The van der Waals surface area contributed by atoms with Crippen molar-refractivity contribution in [3.8, 4) is 0 Å². The number of hydrogen-bond donors (Lipinski definition) is 2. The molecule has 2 aliphatic rings. The summed E-state index contributed by atoms with van der Waals surface area (Å²) in [4.78, 5) is 16.2. The van der Waals surface area contributed by atoms with Gasteiger partial charge in [-0.25, -0.2) is 0 Å². The molecular formula is C13H18N4O. The summed E-state index contributed by atoms with van der Waals surface area (Å²) in [6.45, 7) is 4.19. The standard InChI is InChI=1S/C13H18N4O/c1-16-4-6-17(7-5-16)9-2-3-10-11(8-9)15-13(18)12(10)14/h2-3,8,12H,4-7,14H2,1H3,(H,15,18). The SMILES string of the molecule is CN1CCN(c2ccc3c(c2)NC(=O)C3N)CC1. The summed E-state index contributed by atoms with van der Waals surface area (Å²) >= 11 is 0. The zero-order valence-electron chi connectivity index (χ0n) is 10.5. The number of anilines is 2. The maximum atomic E-state index is 11.5. The number of hydrogen-bond acceptors (Lipinski definition) is 4. The van der Waals surface area contributed by atoms with E-state index in [1.807, 2.05) is 12.1 Å². The van der Waals surface area contributed by atoms with E-state index in [1.165, 1.54) is 0 Å². The minimum absolute atomic E-state index is 0.111. The lowest BCUT2D eigenvalue weighted by Crippen LogP contribution is -2.44. The summed E-state index contributed by atoms with van der Waals surface area (Å²) in [5.41, 5.74) is 8.73. The lowest BCUT2D eigenvalue weighted by atomic mass is 10.1. The molecule has 5 heteroatoms. The quantitative estimate of drug-likeness (QED) is 0.752. The van der Waals surface area contributed by atoms with Crippen molar-refractivity contribution in [2.24, 2.45) is 5.73 Å². The number of rotatable bonds is 1. The lowest BCUT2D eigenvalue weighted by molar-refractivity contribution is -0.116. The topological polar surface area (TPSA) is 61.6 Å². The maximum Gasteiger partial charge on any atom is 0.245 e. The number of amides is 1. The molecule has 3 rings (SSSR count). The Kier molecular flexibility index (Phi) is 2.72. The van der Waals surface area contributed by atoms with Crippen LogP contribution < -0.4 is 16.0 Å². The molecule has 3 N–H and O–H groups in total. The maximum absolute atomic E-state index is 11.5. The van der Waals surface area contributed by atoms with Crippen LogP contribution in [-0.2, 0) is 4.79 Å². The average Bonchev–Trinajstić information content (AvgIpc) is 2.65. The van der Waals surface area contributed by atoms with E-state index in [1.54, 1.807) is 0 Å². The minimum Gasteiger partial charge on any atom is -0.369 e. The third-order valence-corrected chi connectivity index (χ3v) is 3.78. The van der Waals surface area contributed by atoms with E-state index in [9.17, 15) is 4.79 Å². The van der Waals surface area contributed by atoms with Gasteiger partial charge in [0.15, 0.2) is 0 Å². The molecule has 1 aromatic rings. The number of likely N-dealkylation sites (N-methyl/N-ethyl adjacent to an activating group) is 1. The molecule has 2 aliphatic heterocycles. The third-order valence-electron chi connectivity index (χ3n) is 3.78. The van der Waals surface area contributed by atoms with Crippen LogP contribution in [0.5, 0.6) is 0 Å². The van der Waals surface area contributed by atoms with Crippen LogP contribution in [0.3, 0.4) is 0 Å². The third kappa shape index (κ3) is 1.85. The molecule has 1 atom stereocenters. The molecule has 2 heterocycles. The van der Waals surface area contributed by atoms with Gasteiger partial charge in [0.2, 0.25) is 5.91 Å². The van der Waals surface area contributed by atoms with Crippen LogP contribution in [0.4, 0.5) is 11.4 Å². The summed E-state index contributed by atoms with van der Waals surface area (Å²) in [6.07, 6.45) is 0. The van der Waals surface area contributed by atoms with Crippen LogP contribution in [0.1, 0.15) is 11.6 Å². The molecule has 1 saturated heterocycles. The normalized spacial score (nSPS) is 24.0. The van der Waals surface area contributed by atoms with Crippen molar-refractivity contribution in [1.82, 2.24) is 4.90 Å². The summed E-state index contributed by atoms with van der Waals surface area (Å²) in [5.74, 6) is -0.111. The number of nitrogens with zero attached hydrogens (tertiary/aromatic N) is 2. The lowest BCUT2D eigenvalue weighted by Gasteiger charge is -2.34. The second-order valence-corrected chi connectivity index (χ2v) is 5.03. The van der Waals surface area contributed by atoms with Gasteiger partial charge in [-0.3, -0.25) is 4.79 Å². The Balaban J connectivity index is 1.83. The van der Waals surface area contributed by atoms with E-state index >= 15 is 0 Å². The number of carbonyl (C=O) groups excluding carboxylic acids is 1. The fraction of sp³-hybridized carbons (Fsp3) is 0.462. The molecule has 1 amide bonds. The number of nitrogens with two attached hydrogens (primary N) is 1. The van der Waals surface area contributed by atoms with Crippen molar-refractivity contribution in [2.45, 2.75) is 6.04 Å². The molecule has 1 aromatic carbocycles. The van der Waals surface area contributed by atoms with E-state index in [2.05, 4.69) is 28.2 Å². The van der Waals surface area contributed by atoms with Gasteiger partial charge in [0.25, 0.3) is 0 Å². The van der Waals surface area contributed by atoms with Crippen molar-refractivity contribution < 1.29 is 4.79 Å². The monoisotopic (exact) mass is 246 g/mol. The molecule has 0 aliphatic carbocycles. The van der Waals surface area contributed by atoms with Crippen molar-refractivity contribution >= 4 is 17.3 Å². The van der Waals surface area contributed by atoms with Gasteiger partial charge in [0.05, 0.1) is 0 Å². The molecular weight excluding hydrogens is 228 g/mol. The van der Waals surface area contributed by atoms with Crippen molar-refractivity contribution in [1.29, 1.82) is 0 Å². The highest BCUT2D eigenvalue weighted by atomic mass is 16.2. The molecule has 18 heavy (non-hydrogen) atoms. The van der Waals surface area contributed by atoms with Gasteiger partial charge in [-0.05, 0) is 19.2 Å². The second kappa shape index (κ2) is 4.26. The predicted octanol–water partition coefficient (Wildman–Crippen LogP) is 0.390. The highest BCUT2D eigenvalue weighted by Gasteiger charge is 2.27. The van der Waals surface area contributed by atoms with Crippen molar-refractivity contribution in [3.63, 3.8) is 0 Å². The first-order valence-electron chi connectivity index (χ1n) is 6.29. The zero-order chi connectivity index (χ0) is 12.7. The summed E-state index contributed by atoms with van der Waals surface area (Å²) < 4.78 is 0. The molecule has 96 valence electrons. The number of nitrogens with one attached hydrogen (secondary N) is 1. The highest BCUT2D eigenvalue weighted by Crippen LogP contribution is 2.32. The molecule has 0 radical (unpaired) electrons. The molecule has 1 unspecified atom stereocenters.